The Morgan fingerprint density at radius 2 is 2.36 bits per heavy atom. The first-order chi connectivity index (χ1) is 5.27. The summed E-state index contributed by atoms with van der Waals surface area (Å²) < 4.78 is 12.5. The first kappa shape index (κ1) is 6.09. The van der Waals surface area contributed by atoms with Gasteiger partial charge in [-0.25, -0.2) is 9.37 Å². The molecule has 11 heavy (non-hydrogen) atoms. The minimum atomic E-state index is -0.402. The summed E-state index contributed by atoms with van der Waals surface area (Å²) in [5.41, 5.74) is 6.42. The molecular formula is C6H5FN4. The second-order valence-electron chi connectivity index (χ2n) is 2.16. The number of anilines is 1. The third kappa shape index (κ3) is 0.813. The number of nitrogen functional groups attached to an aromatic ring is 1. The molecular weight excluding hydrogens is 147 g/mol. The second kappa shape index (κ2) is 1.91. The minimum Gasteiger partial charge on any atom is -0.380 e. The van der Waals surface area contributed by atoms with E-state index in [2.05, 4.69) is 15.2 Å². The predicted molar refractivity (Wildman–Crippen MR) is 38.3 cm³/mol. The van der Waals surface area contributed by atoms with Crippen molar-refractivity contribution in [1.29, 1.82) is 0 Å². The van der Waals surface area contributed by atoms with Gasteiger partial charge in [-0.2, -0.15) is 5.10 Å². The molecule has 3 N–H and O–H groups in total. The van der Waals surface area contributed by atoms with Crippen LogP contribution in [0, 0.1) is 5.82 Å². The van der Waals surface area contributed by atoms with Gasteiger partial charge in [0.15, 0.2) is 5.82 Å². The first-order valence-corrected chi connectivity index (χ1v) is 3.02. The lowest BCUT2D eigenvalue weighted by Gasteiger charge is -1.87. The van der Waals surface area contributed by atoms with Crippen molar-refractivity contribution in [3.63, 3.8) is 0 Å². The lowest BCUT2D eigenvalue weighted by Crippen LogP contribution is -1.85. The Morgan fingerprint density at radius 3 is 3.18 bits per heavy atom. The van der Waals surface area contributed by atoms with Gasteiger partial charge in [-0.3, -0.25) is 5.10 Å². The molecule has 2 heterocycles. The number of fused-ring (bicyclic) bond motifs is 1. The van der Waals surface area contributed by atoms with Gasteiger partial charge in [0, 0.05) is 6.07 Å². The summed E-state index contributed by atoms with van der Waals surface area (Å²) in [5, 5.41) is 6.21. The average Bonchev–Trinajstić information content (AvgIpc) is 2.32. The Hall–Kier alpha value is -1.65. The number of hydrogen-bond acceptors (Lipinski definition) is 3. The van der Waals surface area contributed by atoms with Crippen LogP contribution in [-0.4, -0.2) is 15.2 Å². The lowest BCUT2D eigenvalue weighted by atomic mass is 10.4. The molecule has 0 fully saturated rings. The van der Waals surface area contributed by atoms with Gasteiger partial charge in [0.25, 0.3) is 0 Å². The Balaban J connectivity index is 2.86. The van der Waals surface area contributed by atoms with Gasteiger partial charge < -0.3 is 5.73 Å². The van der Waals surface area contributed by atoms with E-state index in [-0.39, 0.29) is 0 Å². The number of aromatic amines is 1. The highest BCUT2D eigenvalue weighted by Crippen LogP contribution is 2.14. The van der Waals surface area contributed by atoms with E-state index in [9.17, 15) is 4.39 Å². The van der Waals surface area contributed by atoms with Crippen LogP contribution < -0.4 is 5.73 Å². The largest absolute Gasteiger partial charge is 0.380 e. The third-order valence-electron chi connectivity index (χ3n) is 1.39. The zero-order valence-electron chi connectivity index (χ0n) is 5.50. The van der Waals surface area contributed by atoms with E-state index < -0.39 is 5.82 Å². The molecule has 0 atom stereocenters. The number of nitrogens with zero attached hydrogens (tertiary/aromatic N) is 2. The molecule has 0 aromatic carbocycles. The predicted octanol–water partition coefficient (Wildman–Crippen LogP) is 0.679. The molecule has 0 unspecified atom stereocenters. The molecule has 2 rings (SSSR count). The number of halogens is 1. The molecule has 2 aromatic heterocycles. The van der Waals surface area contributed by atoms with Crippen LogP contribution in [0.5, 0.6) is 0 Å². The molecule has 2 aromatic rings. The molecule has 0 saturated heterocycles. The standard InChI is InChI=1S/C6H5FN4/c7-3-1-4-5(9-2-3)6(8)11-10-4/h1-2H,(H3,8,10,11). The highest BCUT2D eigenvalue weighted by atomic mass is 19.1. The summed E-state index contributed by atoms with van der Waals surface area (Å²) in [6.07, 6.45) is 1.11. The van der Waals surface area contributed by atoms with Crippen LogP contribution >= 0.6 is 0 Å². The fraction of sp³-hybridized carbons (Fsp3) is 0. The van der Waals surface area contributed by atoms with Crippen molar-refractivity contribution in [2.75, 3.05) is 5.73 Å². The van der Waals surface area contributed by atoms with Gasteiger partial charge >= 0.3 is 0 Å². The number of hydrogen-bond donors (Lipinski definition) is 2. The first-order valence-electron chi connectivity index (χ1n) is 3.02. The second-order valence-corrected chi connectivity index (χ2v) is 2.16. The molecule has 0 amide bonds. The minimum absolute atomic E-state index is 0.292. The van der Waals surface area contributed by atoms with Gasteiger partial charge in [-0.1, -0.05) is 0 Å². The van der Waals surface area contributed by atoms with E-state index in [1.54, 1.807) is 0 Å². The monoisotopic (exact) mass is 152 g/mol. The topological polar surface area (TPSA) is 67.6 Å². The summed E-state index contributed by atoms with van der Waals surface area (Å²) in [6, 6.07) is 1.30. The molecule has 4 nitrogen and oxygen atoms in total. The third-order valence-corrected chi connectivity index (χ3v) is 1.39. The van der Waals surface area contributed by atoms with E-state index in [4.69, 9.17) is 5.73 Å². The van der Waals surface area contributed by atoms with Crippen molar-refractivity contribution in [3.05, 3.63) is 18.1 Å². The molecule has 56 valence electrons. The highest BCUT2D eigenvalue weighted by Gasteiger charge is 2.02. The van der Waals surface area contributed by atoms with Gasteiger partial charge in [-0.15, -0.1) is 0 Å². The quantitative estimate of drug-likeness (QED) is 0.583. The molecule has 0 aliphatic rings. The molecule has 0 aliphatic carbocycles. The Bertz CT molecular complexity index is 394. The van der Waals surface area contributed by atoms with E-state index in [1.165, 1.54) is 6.07 Å². The Morgan fingerprint density at radius 1 is 1.55 bits per heavy atom. The van der Waals surface area contributed by atoms with Crippen LogP contribution in [0.3, 0.4) is 0 Å². The number of rotatable bonds is 0. The summed E-state index contributed by atoms with van der Waals surface area (Å²) in [5.74, 6) is -0.110. The van der Waals surface area contributed by atoms with Crippen molar-refractivity contribution < 1.29 is 4.39 Å². The van der Waals surface area contributed by atoms with Crippen LogP contribution in [0.1, 0.15) is 0 Å². The summed E-state index contributed by atoms with van der Waals surface area (Å²) in [6.45, 7) is 0. The van der Waals surface area contributed by atoms with E-state index >= 15 is 0 Å². The summed E-state index contributed by atoms with van der Waals surface area (Å²) >= 11 is 0. The van der Waals surface area contributed by atoms with Crippen molar-refractivity contribution in [2.24, 2.45) is 0 Å². The van der Waals surface area contributed by atoms with Gasteiger partial charge in [0.05, 0.1) is 11.7 Å². The van der Waals surface area contributed by atoms with E-state index in [1.807, 2.05) is 0 Å². The van der Waals surface area contributed by atoms with Crippen molar-refractivity contribution in [1.82, 2.24) is 15.2 Å². The molecule has 0 radical (unpaired) electrons. The zero-order chi connectivity index (χ0) is 7.84. The summed E-state index contributed by atoms with van der Waals surface area (Å²) in [7, 11) is 0. The number of nitrogens with one attached hydrogen (secondary N) is 1. The maximum absolute atomic E-state index is 12.5. The zero-order valence-corrected chi connectivity index (χ0v) is 5.50. The van der Waals surface area contributed by atoms with Crippen LogP contribution in [0.15, 0.2) is 12.3 Å². The number of pyridine rings is 1. The number of H-pyrrole nitrogens is 1. The van der Waals surface area contributed by atoms with E-state index in [0.717, 1.165) is 6.20 Å². The van der Waals surface area contributed by atoms with E-state index in [0.29, 0.717) is 16.9 Å². The molecule has 0 saturated carbocycles. The molecule has 5 heteroatoms. The van der Waals surface area contributed by atoms with Gasteiger partial charge in [-0.05, 0) is 0 Å². The Kier molecular flexibility index (Phi) is 1.06. The normalized spacial score (nSPS) is 10.6. The smallest absolute Gasteiger partial charge is 0.171 e. The maximum Gasteiger partial charge on any atom is 0.171 e. The number of nitrogens with two attached hydrogens (primary N) is 1. The van der Waals surface area contributed by atoms with Crippen LogP contribution in [-0.2, 0) is 0 Å². The maximum atomic E-state index is 12.5. The average molecular weight is 152 g/mol. The van der Waals surface area contributed by atoms with Gasteiger partial charge in [0.1, 0.15) is 11.3 Å². The van der Waals surface area contributed by atoms with Crippen molar-refractivity contribution >= 4 is 16.9 Å². The van der Waals surface area contributed by atoms with Crippen molar-refractivity contribution in [2.45, 2.75) is 0 Å². The molecule has 0 aliphatic heterocycles. The van der Waals surface area contributed by atoms with Crippen LogP contribution in [0.4, 0.5) is 10.2 Å². The van der Waals surface area contributed by atoms with Gasteiger partial charge in [0.2, 0.25) is 0 Å². The number of aromatic nitrogens is 3. The Labute approximate surface area is 61.2 Å². The van der Waals surface area contributed by atoms with Crippen LogP contribution in [0.25, 0.3) is 11.0 Å². The SMILES string of the molecule is Nc1n[nH]c2cc(F)cnc12. The fourth-order valence-corrected chi connectivity index (χ4v) is 0.902. The highest BCUT2D eigenvalue weighted by molar-refractivity contribution is 5.83. The van der Waals surface area contributed by atoms with Crippen LogP contribution in [0.2, 0.25) is 0 Å². The summed E-state index contributed by atoms with van der Waals surface area (Å²) in [4.78, 5) is 3.75. The molecule has 0 bridgehead atoms. The lowest BCUT2D eigenvalue weighted by molar-refractivity contribution is 0.624. The fourth-order valence-electron chi connectivity index (χ4n) is 0.902. The molecule has 0 spiro atoms. The van der Waals surface area contributed by atoms with Crippen molar-refractivity contribution in [3.8, 4) is 0 Å².